The molecular weight excluding hydrogens is 810 g/mol. The molecule has 5 aromatic carbocycles. The van der Waals surface area contributed by atoms with Crippen molar-refractivity contribution in [3.63, 3.8) is 0 Å². The Labute approximate surface area is 362 Å². The van der Waals surface area contributed by atoms with Gasteiger partial charge in [-0.15, -0.1) is 0 Å². The van der Waals surface area contributed by atoms with E-state index < -0.39 is 11.6 Å². The van der Waals surface area contributed by atoms with E-state index in [1.807, 2.05) is 60.7 Å². The van der Waals surface area contributed by atoms with Gasteiger partial charge in [-0.05, 0) is 136 Å². The summed E-state index contributed by atoms with van der Waals surface area (Å²) in [5, 5.41) is 0.0152. The van der Waals surface area contributed by atoms with Crippen LogP contribution in [0, 0.1) is 0 Å². The zero-order chi connectivity index (χ0) is 41.9. The average Bonchev–Trinajstić information content (AvgIpc) is 3.52. The largest absolute Gasteiger partial charge is 0.497 e. The van der Waals surface area contributed by atoms with Crippen molar-refractivity contribution in [2.45, 2.75) is 59.2 Å². The zero-order valence-corrected chi connectivity index (χ0v) is 37.0. The number of fused-ring (bicyclic) bond motifs is 1. The van der Waals surface area contributed by atoms with Gasteiger partial charge in [0.05, 0.1) is 39.9 Å². The second-order valence-electron chi connectivity index (χ2n) is 14.6. The van der Waals surface area contributed by atoms with Crippen LogP contribution in [-0.2, 0) is 10.3 Å². The van der Waals surface area contributed by atoms with E-state index in [0.29, 0.717) is 23.6 Å². The quantitative estimate of drug-likeness (QED) is 0.0630. The molecule has 5 aromatic rings. The fourth-order valence-corrected chi connectivity index (χ4v) is 8.76. The van der Waals surface area contributed by atoms with Gasteiger partial charge in [0.15, 0.2) is 5.60 Å². The van der Waals surface area contributed by atoms with Crippen molar-refractivity contribution in [2.24, 2.45) is 0 Å². The third-order valence-corrected chi connectivity index (χ3v) is 12.4. The number of nitrogens with zero attached hydrogens (tertiary/aromatic N) is 2. The van der Waals surface area contributed by atoms with E-state index in [4.69, 9.17) is 60.6 Å². The number of carbonyl (C=O) groups excluding carboxylic acids is 1. The first kappa shape index (κ1) is 43.0. The number of cyclic esters (lactones) is 1. The number of hydrogen-bond donors (Lipinski definition) is 0. The molecule has 0 N–H and O–H groups in total. The predicted octanol–water partition coefficient (Wildman–Crippen LogP) is 13.4. The molecule has 0 radical (unpaired) electrons. The summed E-state index contributed by atoms with van der Waals surface area (Å²) in [6.07, 6.45) is 3.85. The number of methoxy groups -OCH3 is 2. The van der Waals surface area contributed by atoms with Gasteiger partial charge < -0.3 is 24.0 Å². The molecule has 302 valence electrons. The molecule has 0 aromatic heterocycles. The lowest BCUT2D eigenvalue weighted by molar-refractivity contribution is 0.0300. The molecular formula is C48H48Cl4N2O4. The van der Waals surface area contributed by atoms with E-state index in [-0.39, 0.29) is 31.2 Å². The number of rotatable bonds is 14. The zero-order valence-electron chi connectivity index (χ0n) is 34.0. The molecule has 0 fully saturated rings. The highest BCUT2D eigenvalue weighted by molar-refractivity contribution is 6.53. The SMILES string of the molecule is CCN(c1ccc(C(=CC2(C=C(c3ccc(OC)cc3)c3ccc(N(CC)C(C)C)cc3)OC(=O)c3c(Cl)c(Cl)c(Cl)c(Cl)c32)c2ccc(OC)cc2)cc1)C(C)C. The van der Waals surface area contributed by atoms with Gasteiger partial charge in [0.1, 0.15) is 11.5 Å². The van der Waals surface area contributed by atoms with E-state index in [9.17, 15) is 4.79 Å². The van der Waals surface area contributed by atoms with Gasteiger partial charge in [0.2, 0.25) is 0 Å². The summed E-state index contributed by atoms with van der Waals surface area (Å²) in [7, 11) is 3.26. The van der Waals surface area contributed by atoms with E-state index in [1.165, 1.54) is 0 Å². The van der Waals surface area contributed by atoms with Crippen molar-refractivity contribution in [3.05, 3.63) is 163 Å². The summed E-state index contributed by atoms with van der Waals surface area (Å²) in [6, 6.07) is 32.8. The number of ether oxygens (including phenoxy) is 3. The van der Waals surface area contributed by atoms with Crippen LogP contribution >= 0.6 is 46.4 Å². The molecule has 0 saturated carbocycles. The molecule has 0 amide bonds. The number of hydrogen-bond acceptors (Lipinski definition) is 6. The highest BCUT2D eigenvalue weighted by atomic mass is 35.5. The van der Waals surface area contributed by atoms with E-state index in [0.717, 1.165) is 57.9 Å². The summed E-state index contributed by atoms with van der Waals surface area (Å²) in [5.74, 6) is 0.705. The molecule has 6 nitrogen and oxygen atoms in total. The van der Waals surface area contributed by atoms with Gasteiger partial charge in [0.25, 0.3) is 0 Å². The van der Waals surface area contributed by atoms with Crippen molar-refractivity contribution < 1.29 is 19.0 Å². The number of halogens is 4. The van der Waals surface area contributed by atoms with E-state index >= 15 is 0 Å². The highest BCUT2D eigenvalue weighted by Gasteiger charge is 2.48. The second kappa shape index (κ2) is 18.1. The first-order valence-corrected chi connectivity index (χ1v) is 20.9. The summed E-state index contributed by atoms with van der Waals surface area (Å²) >= 11 is 27.5. The Bertz CT molecular complexity index is 2200. The minimum atomic E-state index is -1.65. The molecule has 6 rings (SSSR count). The summed E-state index contributed by atoms with van der Waals surface area (Å²) < 4.78 is 17.7. The molecule has 1 aliphatic rings. The van der Waals surface area contributed by atoms with Gasteiger partial charge in [-0.3, -0.25) is 0 Å². The van der Waals surface area contributed by atoms with Crippen LogP contribution in [0.5, 0.6) is 11.5 Å². The van der Waals surface area contributed by atoms with E-state index in [2.05, 4.69) is 99.9 Å². The molecule has 0 saturated heterocycles. The molecule has 1 heterocycles. The summed E-state index contributed by atoms with van der Waals surface area (Å²) in [5.41, 5.74) is 5.81. The van der Waals surface area contributed by atoms with Crippen molar-refractivity contribution in [3.8, 4) is 11.5 Å². The van der Waals surface area contributed by atoms with Crippen molar-refractivity contribution in [1.82, 2.24) is 0 Å². The second-order valence-corrected chi connectivity index (χ2v) is 16.1. The summed E-state index contributed by atoms with van der Waals surface area (Å²) in [6.45, 7) is 14.7. The number of carbonyl (C=O) groups is 1. The smallest absolute Gasteiger partial charge is 0.341 e. The maximum Gasteiger partial charge on any atom is 0.341 e. The monoisotopic (exact) mass is 856 g/mol. The van der Waals surface area contributed by atoms with Crippen LogP contribution in [-0.4, -0.2) is 45.4 Å². The topological polar surface area (TPSA) is 51.2 Å². The molecule has 0 atom stereocenters. The van der Waals surface area contributed by atoms with Crippen LogP contribution in [0.25, 0.3) is 11.1 Å². The van der Waals surface area contributed by atoms with Crippen LogP contribution in [0.2, 0.25) is 20.1 Å². The normalized spacial score (nSPS) is 15.4. The Kier molecular flexibility index (Phi) is 13.4. The Morgan fingerprint density at radius 1 is 0.586 bits per heavy atom. The third-order valence-electron chi connectivity index (χ3n) is 10.6. The fourth-order valence-electron chi connectivity index (χ4n) is 7.68. The molecule has 0 aliphatic carbocycles. The van der Waals surface area contributed by atoms with Gasteiger partial charge >= 0.3 is 5.97 Å². The standard InChI is InChI=1S/C48H48Cl4N2O4/c1-9-53(29(3)4)35-19-11-31(12-20-35)39(33-15-23-37(56-7)24-16-33)27-48(42-41(47(55)58-48)43(49)45(51)46(52)44(42)50)28-40(34-17-25-38(57-8)26-18-34)32-13-21-36(22-14-32)54(10-2)30(5)6/h11-30H,9-10H2,1-8H3. The van der Waals surface area contributed by atoms with Gasteiger partial charge in [-0.1, -0.05) is 94.9 Å². The minimum Gasteiger partial charge on any atom is -0.497 e. The lowest BCUT2D eigenvalue weighted by Crippen LogP contribution is -2.30. The van der Waals surface area contributed by atoms with Crippen LogP contribution in [0.15, 0.2) is 109 Å². The van der Waals surface area contributed by atoms with Crippen LogP contribution in [0.1, 0.15) is 79.7 Å². The number of anilines is 2. The Balaban J connectivity index is 1.71. The lowest BCUT2D eigenvalue weighted by atomic mass is 9.83. The minimum absolute atomic E-state index is 0.0175. The number of esters is 1. The molecule has 10 heteroatoms. The fraction of sp³-hybridized carbons (Fsp3) is 0.271. The van der Waals surface area contributed by atoms with Crippen molar-refractivity contribution >= 4 is 74.9 Å². The maximum absolute atomic E-state index is 14.3. The van der Waals surface area contributed by atoms with E-state index in [1.54, 1.807) is 14.2 Å². The van der Waals surface area contributed by atoms with Gasteiger partial charge in [-0.2, -0.15) is 0 Å². The lowest BCUT2D eigenvalue weighted by Gasteiger charge is -2.29. The summed E-state index contributed by atoms with van der Waals surface area (Å²) in [4.78, 5) is 18.9. The molecule has 1 aliphatic heterocycles. The van der Waals surface area contributed by atoms with Crippen LogP contribution in [0.4, 0.5) is 11.4 Å². The molecule has 58 heavy (non-hydrogen) atoms. The Morgan fingerprint density at radius 3 is 1.26 bits per heavy atom. The molecule has 0 spiro atoms. The molecule has 0 bridgehead atoms. The third kappa shape index (κ3) is 8.44. The molecule has 0 unspecified atom stereocenters. The van der Waals surface area contributed by atoms with Crippen LogP contribution < -0.4 is 19.3 Å². The first-order valence-electron chi connectivity index (χ1n) is 19.4. The Hall–Kier alpha value is -4.59. The van der Waals surface area contributed by atoms with Crippen molar-refractivity contribution in [2.75, 3.05) is 37.1 Å². The van der Waals surface area contributed by atoms with Gasteiger partial charge in [0, 0.05) is 42.1 Å². The first-order chi connectivity index (χ1) is 27.8. The average molecular weight is 859 g/mol. The maximum atomic E-state index is 14.3. The predicted molar refractivity (Wildman–Crippen MR) is 243 cm³/mol. The Morgan fingerprint density at radius 2 is 0.931 bits per heavy atom. The van der Waals surface area contributed by atoms with Gasteiger partial charge in [-0.25, -0.2) is 4.79 Å². The highest BCUT2D eigenvalue weighted by Crippen LogP contribution is 2.53. The number of benzene rings is 5. The van der Waals surface area contributed by atoms with Crippen molar-refractivity contribution in [1.29, 1.82) is 0 Å². The van der Waals surface area contributed by atoms with Crippen LogP contribution in [0.3, 0.4) is 0 Å².